The minimum Gasteiger partial charge on any atom is -0.352 e. The summed E-state index contributed by atoms with van der Waals surface area (Å²) < 4.78 is 27.3. The lowest BCUT2D eigenvalue weighted by Crippen LogP contribution is -2.45. The fourth-order valence-electron chi connectivity index (χ4n) is 4.07. The van der Waals surface area contributed by atoms with E-state index in [0.29, 0.717) is 36.5 Å². The Hall–Kier alpha value is -1.89. The Bertz CT molecular complexity index is 1020. The number of hydrogen-bond donors (Lipinski definition) is 1. The van der Waals surface area contributed by atoms with Crippen LogP contribution >= 0.6 is 11.6 Å². The van der Waals surface area contributed by atoms with Crippen molar-refractivity contribution >= 4 is 27.5 Å². The van der Waals surface area contributed by atoms with Gasteiger partial charge in [0.2, 0.25) is 15.9 Å². The van der Waals surface area contributed by atoms with Gasteiger partial charge in [-0.15, -0.1) is 0 Å². The van der Waals surface area contributed by atoms with Gasteiger partial charge in [0.1, 0.15) is 0 Å². The van der Waals surface area contributed by atoms with Crippen molar-refractivity contribution in [2.75, 3.05) is 13.1 Å². The second-order valence-corrected chi connectivity index (χ2v) is 10.5. The van der Waals surface area contributed by atoms with E-state index in [2.05, 4.69) is 37.4 Å². The van der Waals surface area contributed by atoms with Gasteiger partial charge in [-0.05, 0) is 60.1 Å². The molecule has 7 heteroatoms. The summed E-state index contributed by atoms with van der Waals surface area (Å²) in [4.78, 5) is 12.9. The van der Waals surface area contributed by atoms with Gasteiger partial charge in [0.15, 0.2) is 0 Å². The summed E-state index contributed by atoms with van der Waals surface area (Å²) in [5, 5.41) is 3.56. The number of carbonyl (C=O) groups is 1. The third-order valence-corrected chi connectivity index (χ3v) is 7.95. The molecule has 0 saturated carbocycles. The number of piperidine rings is 1. The standard InChI is InChI=1S/C24H31ClN2O3S/c1-3-18-10-11-20(4-2)22(13-18)15-26-24(28)21-8-6-12-27(16-21)31(29,30)17-19-7-5-9-23(25)14-19/h5,7,9-11,13-14,21H,3-4,6,8,12,15-17H2,1-2H3,(H,26,28)/t21-/m0/s1. The number of amides is 1. The first kappa shape index (κ1) is 23.8. The molecule has 0 aromatic heterocycles. The molecule has 1 fully saturated rings. The minimum absolute atomic E-state index is 0.0772. The SMILES string of the molecule is CCc1ccc(CC)c(CNC(=O)[C@H]2CCCN(S(=O)(=O)Cc3cccc(Cl)c3)C2)c1. The van der Waals surface area contributed by atoms with Crippen LogP contribution in [0.4, 0.5) is 0 Å². The average molecular weight is 463 g/mol. The van der Waals surface area contributed by atoms with Crippen LogP contribution in [0.1, 0.15) is 48.9 Å². The highest BCUT2D eigenvalue weighted by molar-refractivity contribution is 7.88. The van der Waals surface area contributed by atoms with E-state index in [-0.39, 0.29) is 24.1 Å². The molecule has 1 saturated heterocycles. The van der Waals surface area contributed by atoms with Crippen molar-refractivity contribution in [1.82, 2.24) is 9.62 Å². The van der Waals surface area contributed by atoms with Crippen molar-refractivity contribution in [3.05, 3.63) is 69.7 Å². The van der Waals surface area contributed by atoms with Crippen LogP contribution in [0.5, 0.6) is 0 Å². The molecule has 1 heterocycles. The number of hydrogen-bond acceptors (Lipinski definition) is 3. The van der Waals surface area contributed by atoms with Gasteiger partial charge in [-0.3, -0.25) is 4.79 Å². The first-order chi connectivity index (χ1) is 14.8. The number of halogens is 1. The van der Waals surface area contributed by atoms with Gasteiger partial charge in [-0.25, -0.2) is 12.7 Å². The van der Waals surface area contributed by atoms with Crippen molar-refractivity contribution < 1.29 is 13.2 Å². The molecule has 1 N–H and O–H groups in total. The summed E-state index contributed by atoms with van der Waals surface area (Å²) in [6, 6.07) is 13.3. The average Bonchev–Trinajstić information content (AvgIpc) is 2.77. The number of sulfonamides is 1. The van der Waals surface area contributed by atoms with Crippen molar-refractivity contribution in [3.8, 4) is 0 Å². The molecule has 1 atom stereocenters. The van der Waals surface area contributed by atoms with E-state index in [1.54, 1.807) is 24.3 Å². The largest absolute Gasteiger partial charge is 0.352 e. The van der Waals surface area contributed by atoms with Crippen molar-refractivity contribution in [1.29, 1.82) is 0 Å². The maximum atomic E-state index is 12.9. The Morgan fingerprint density at radius 3 is 2.61 bits per heavy atom. The van der Waals surface area contributed by atoms with Crippen molar-refractivity contribution in [2.24, 2.45) is 5.92 Å². The Labute approximate surface area is 190 Å². The Morgan fingerprint density at radius 1 is 1.10 bits per heavy atom. The highest BCUT2D eigenvalue weighted by Gasteiger charge is 2.32. The molecule has 0 aliphatic carbocycles. The van der Waals surface area contributed by atoms with E-state index in [9.17, 15) is 13.2 Å². The van der Waals surface area contributed by atoms with Crippen LogP contribution in [0.2, 0.25) is 5.02 Å². The van der Waals surface area contributed by atoms with E-state index in [1.807, 2.05) is 0 Å². The van der Waals surface area contributed by atoms with Gasteiger partial charge < -0.3 is 5.32 Å². The summed E-state index contributed by atoms with van der Waals surface area (Å²) >= 11 is 5.99. The van der Waals surface area contributed by atoms with Crippen LogP contribution < -0.4 is 5.32 Å². The smallest absolute Gasteiger partial charge is 0.224 e. The lowest BCUT2D eigenvalue weighted by atomic mass is 9.97. The van der Waals surface area contributed by atoms with E-state index in [4.69, 9.17) is 11.6 Å². The van der Waals surface area contributed by atoms with E-state index >= 15 is 0 Å². The fourth-order valence-corrected chi connectivity index (χ4v) is 5.88. The van der Waals surface area contributed by atoms with Crippen molar-refractivity contribution in [2.45, 2.75) is 51.8 Å². The Morgan fingerprint density at radius 2 is 1.90 bits per heavy atom. The summed E-state index contributed by atoms with van der Waals surface area (Å²) in [5.74, 6) is -0.514. The molecule has 0 radical (unpaired) electrons. The first-order valence-electron chi connectivity index (χ1n) is 10.9. The number of rotatable bonds is 8. The third-order valence-electron chi connectivity index (χ3n) is 5.90. The minimum atomic E-state index is -3.51. The highest BCUT2D eigenvalue weighted by atomic mass is 35.5. The molecular weight excluding hydrogens is 432 g/mol. The fraction of sp³-hybridized carbons (Fsp3) is 0.458. The number of aryl methyl sites for hydroxylation is 2. The molecule has 3 rings (SSSR count). The monoisotopic (exact) mass is 462 g/mol. The predicted octanol–water partition coefficient (Wildman–Crippen LogP) is 4.32. The van der Waals surface area contributed by atoms with Crippen LogP contribution in [-0.4, -0.2) is 31.7 Å². The Kier molecular flexibility index (Phi) is 8.14. The predicted molar refractivity (Wildman–Crippen MR) is 125 cm³/mol. The molecular formula is C24H31ClN2O3S. The van der Waals surface area contributed by atoms with Gasteiger partial charge >= 0.3 is 0 Å². The topological polar surface area (TPSA) is 66.5 Å². The number of nitrogens with one attached hydrogen (secondary N) is 1. The second-order valence-electron chi connectivity index (χ2n) is 8.11. The van der Waals surface area contributed by atoms with Gasteiger partial charge in [-0.2, -0.15) is 0 Å². The molecule has 1 amide bonds. The van der Waals surface area contributed by atoms with E-state index in [0.717, 1.165) is 18.4 Å². The number of benzene rings is 2. The van der Waals surface area contributed by atoms with Gasteiger partial charge in [0.25, 0.3) is 0 Å². The van der Waals surface area contributed by atoms with Crippen LogP contribution in [0, 0.1) is 5.92 Å². The normalized spacial score (nSPS) is 17.5. The highest BCUT2D eigenvalue weighted by Crippen LogP contribution is 2.23. The summed E-state index contributed by atoms with van der Waals surface area (Å²) in [7, 11) is -3.51. The van der Waals surface area contributed by atoms with Crippen LogP contribution in [0.25, 0.3) is 0 Å². The van der Waals surface area contributed by atoms with Gasteiger partial charge in [0.05, 0.1) is 11.7 Å². The zero-order valence-corrected chi connectivity index (χ0v) is 19.8. The maximum absolute atomic E-state index is 12.9. The molecule has 5 nitrogen and oxygen atoms in total. The molecule has 0 bridgehead atoms. The molecule has 2 aromatic carbocycles. The van der Waals surface area contributed by atoms with E-state index < -0.39 is 10.0 Å². The third kappa shape index (κ3) is 6.31. The van der Waals surface area contributed by atoms with Gasteiger partial charge in [0, 0.05) is 24.7 Å². The Balaban J connectivity index is 1.63. The molecule has 168 valence electrons. The number of nitrogens with zero attached hydrogens (tertiary/aromatic N) is 1. The van der Waals surface area contributed by atoms with Crippen LogP contribution in [0.15, 0.2) is 42.5 Å². The van der Waals surface area contributed by atoms with E-state index in [1.165, 1.54) is 15.4 Å². The quantitative estimate of drug-likeness (QED) is 0.635. The zero-order chi connectivity index (χ0) is 22.4. The summed E-state index contributed by atoms with van der Waals surface area (Å²) in [6.45, 7) is 5.37. The summed E-state index contributed by atoms with van der Waals surface area (Å²) in [5.41, 5.74) is 4.27. The number of carbonyl (C=O) groups excluding carboxylic acids is 1. The molecule has 1 aliphatic heterocycles. The van der Waals surface area contributed by atoms with Crippen LogP contribution in [-0.2, 0) is 40.0 Å². The summed E-state index contributed by atoms with van der Waals surface area (Å²) in [6.07, 6.45) is 3.24. The molecule has 31 heavy (non-hydrogen) atoms. The van der Waals surface area contributed by atoms with Crippen LogP contribution in [0.3, 0.4) is 0 Å². The molecule has 0 spiro atoms. The molecule has 0 unspecified atom stereocenters. The van der Waals surface area contributed by atoms with Gasteiger partial charge in [-0.1, -0.05) is 55.8 Å². The van der Waals surface area contributed by atoms with Crippen molar-refractivity contribution in [3.63, 3.8) is 0 Å². The molecule has 1 aliphatic rings. The first-order valence-corrected chi connectivity index (χ1v) is 12.9. The maximum Gasteiger partial charge on any atom is 0.224 e. The second kappa shape index (κ2) is 10.6. The molecule has 2 aromatic rings. The lowest BCUT2D eigenvalue weighted by Gasteiger charge is -2.31. The zero-order valence-electron chi connectivity index (χ0n) is 18.2. The lowest BCUT2D eigenvalue weighted by molar-refractivity contribution is -0.126.